The average Bonchev–Trinajstić information content (AvgIpc) is 2.29. The number of benzene rings is 1. The highest BCUT2D eigenvalue weighted by Crippen LogP contribution is 2.35. The summed E-state index contributed by atoms with van der Waals surface area (Å²) in [5.41, 5.74) is 6.36. The summed E-state index contributed by atoms with van der Waals surface area (Å²) in [6, 6.07) is 3.93. The van der Waals surface area contributed by atoms with E-state index in [0.29, 0.717) is 5.75 Å². The zero-order chi connectivity index (χ0) is 15.5. The molecule has 3 N–H and O–H groups in total. The van der Waals surface area contributed by atoms with Gasteiger partial charge < -0.3 is 15.8 Å². The Morgan fingerprint density at radius 1 is 1.35 bits per heavy atom. The van der Waals surface area contributed by atoms with Crippen LogP contribution in [0.15, 0.2) is 21.1 Å². The van der Waals surface area contributed by atoms with E-state index < -0.39 is 12.0 Å². The van der Waals surface area contributed by atoms with E-state index in [2.05, 4.69) is 57.9 Å². The van der Waals surface area contributed by atoms with Crippen molar-refractivity contribution in [2.24, 2.45) is 5.73 Å². The summed E-state index contributed by atoms with van der Waals surface area (Å²) < 4.78 is 7.12. The van der Waals surface area contributed by atoms with Crippen LogP contribution in [0.2, 0.25) is 0 Å². The Kier molecular flexibility index (Phi) is 6.04. The number of hydrogen-bond acceptors (Lipinski definition) is 3. The molecule has 0 saturated carbocycles. The van der Waals surface area contributed by atoms with Gasteiger partial charge in [0.2, 0.25) is 0 Å². The molecule has 20 heavy (non-hydrogen) atoms. The molecule has 0 saturated heterocycles. The van der Waals surface area contributed by atoms with Crippen molar-refractivity contribution in [2.45, 2.75) is 45.9 Å². The first-order valence-electron chi connectivity index (χ1n) is 6.29. The highest BCUT2D eigenvalue weighted by Gasteiger charge is 2.16. The van der Waals surface area contributed by atoms with Crippen LogP contribution in [0, 0.1) is 0 Å². The van der Waals surface area contributed by atoms with Gasteiger partial charge in [-0.15, -0.1) is 0 Å². The predicted octanol–water partition coefficient (Wildman–Crippen LogP) is 3.35. The molecule has 0 radical (unpaired) electrons. The molecule has 0 aliphatic heterocycles. The second kappa shape index (κ2) is 6.91. The summed E-state index contributed by atoms with van der Waals surface area (Å²) in [4.78, 5) is 11.1. The molecule has 0 heterocycles. The number of amides is 1. The Bertz CT molecular complexity index is 475. The quantitative estimate of drug-likeness (QED) is 0.786. The number of carbonyl (C=O) groups is 1. The van der Waals surface area contributed by atoms with Crippen LogP contribution in [0.5, 0.6) is 5.75 Å². The smallest absolute Gasteiger partial charge is 0.258 e. The van der Waals surface area contributed by atoms with Crippen LogP contribution >= 0.6 is 31.9 Å². The minimum Gasteiger partial charge on any atom is -0.479 e. The molecule has 0 aromatic heterocycles. The van der Waals surface area contributed by atoms with E-state index in [4.69, 9.17) is 10.5 Å². The van der Waals surface area contributed by atoms with Crippen molar-refractivity contribution in [1.82, 2.24) is 5.32 Å². The Labute approximate surface area is 136 Å². The molecular weight excluding hydrogens is 388 g/mol. The van der Waals surface area contributed by atoms with E-state index in [1.54, 1.807) is 6.92 Å². The lowest BCUT2D eigenvalue weighted by Crippen LogP contribution is -2.35. The summed E-state index contributed by atoms with van der Waals surface area (Å²) in [6.45, 7) is 8.71. The largest absolute Gasteiger partial charge is 0.479 e. The minimum absolute atomic E-state index is 0.0502. The fourth-order valence-corrected chi connectivity index (χ4v) is 2.90. The molecule has 1 amide bonds. The van der Waals surface area contributed by atoms with Gasteiger partial charge in [-0.1, -0.05) is 0 Å². The van der Waals surface area contributed by atoms with Gasteiger partial charge in [-0.05, 0) is 77.3 Å². The zero-order valence-electron chi connectivity index (χ0n) is 12.1. The number of hydrogen-bond donors (Lipinski definition) is 2. The van der Waals surface area contributed by atoms with Crippen LogP contribution < -0.4 is 15.8 Å². The van der Waals surface area contributed by atoms with Gasteiger partial charge in [-0.2, -0.15) is 0 Å². The van der Waals surface area contributed by atoms with E-state index in [-0.39, 0.29) is 5.54 Å². The van der Waals surface area contributed by atoms with Crippen molar-refractivity contribution in [2.75, 3.05) is 0 Å². The van der Waals surface area contributed by atoms with Gasteiger partial charge in [0, 0.05) is 12.1 Å². The number of rotatable bonds is 5. The molecule has 0 aliphatic carbocycles. The summed E-state index contributed by atoms with van der Waals surface area (Å²) >= 11 is 6.92. The van der Waals surface area contributed by atoms with E-state index in [0.717, 1.165) is 21.1 Å². The Balaban J connectivity index is 2.89. The molecule has 0 spiro atoms. The first-order valence-corrected chi connectivity index (χ1v) is 7.87. The van der Waals surface area contributed by atoms with Crippen molar-refractivity contribution in [3.8, 4) is 5.75 Å². The van der Waals surface area contributed by atoms with Crippen LogP contribution in [-0.2, 0) is 11.3 Å². The zero-order valence-corrected chi connectivity index (χ0v) is 15.3. The van der Waals surface area contributed by atoms with Gasteiger partial charge >= 0.3 is 0 Å². The third-order valence-corrected chi connectivity index (χ3v) is 3.75. The van der Waals surface area contributed by atoms with E-state index in [9.17, 15) is 4.79 Å². The molecule has 112 valence electrons. The molecule has 0 fully saturated rings. The second-order valence-corrected chi connectivity index (χ2v) is 7.36. The van der Waals surface area contributed by atoms with Crippen molar-refractivity contribution in [1.29, 1.82) is 0 Å². The number of nitrogens with one attached hydrogen (secondary N) is 1. The Morgan fingerprint density at radius 3 is 2.25 bits per heavy atom. The van der Waals surface area contributed by atoms with Crippen LogP contribution in [0.1, 0.15) is 33.3 Å². The summed E-state index contributed by atoms with van der Waals surface area (Å²) in [5, 5.41) is 3.41. The summed E-state index contributed by atoms with van der Waals surface area (Å²) in [7, 11) is 0. The molecule has 4 nitrogen and oxygen atoms in total. The predicted molar refractivity (Wildman–Crippen MR) is 87.7 cm³/mol. The number of nitrogens with two attached hydrogens (primary N) is 1. The molecule has 1 atom stereocenters. The lowest BCUT2D eigenvalue weighted by Gasteiger charge is -2.21. The lowest BCUT2D eigenvalue weighted by atomic mass is 10.1. The minimum atomic E-state index is -0.679. The number of halogens is 2. The number of carbonyl (C=O) groups excluding carboxylic acids is 1. The Hall–Kier alpha value is -0.590. The van der Waals surface area contributed by atoms with Crippen molar-refractivity contribution >= 4 is 37.8 Å². The molecule has 1 unspecified atom stereocenters. The molecule has 1 aromatic rings. The first kappa shape index (κ1) is 17.5. The summed E-state index contributed by atoms with van der Waals surface area (Å²) in [6.07, 6.45) is -0.679. The van der Waals surface area contributed by atoms with E-state index in [1.165, 1.54) is 0 Å². The molecule has 6 heteroatoms. The maximum absolute atomic E-state index is 11.1. The second-order valence-electron chi connectivity index (χ2n) is 5.65. The standard InChI is InChI=1S/C14H20Br2N2O2/c1-8(13(17)19)20-12-10(15)5-9(6-11(12)16)7-18-14(2,3)4/h5-6,8,18H,7H2,1-4H3,(H2,17,19). The normalized spacial score (nSPS) is 13.1. The molecular formula is C14H20Br2N2O2. The summed E-state index contributed by atoms with van der Waals surface area (Å²) in [5.74, 6) is 0.0816. The molecule has 1 aromatic carbocycles. The van der Waals surface area contributed by atoms with Gasteiger partial charge in [-0.25, -0.2) is 0 Å². The monoisotopic (exact) mass is 406 g/mol. The lowest BCUT2D eigenvalue weighted by molar-refractivity contribution is -0.124. The van der Waals surface area contributed by atoms with Crippen molar-refractivity contribution in [3.63, 3.8) is 0 Å². The van der Waals surface area contributed by atoms with Crippen molar-refractivity contribution in [3.05, 3.63) is 26.6 Å². The van der Waals surface area contributed by atoms with Gasteiger partial charge in [0.15, 0.2) is 6.10 Å². The van der Waals surface area contributed by atoms with Crippen LogP contribution in [0.25, 0.3) is 0 Å². The molecule has 0 bridgehead atoms. The third kappa shape index (κ3) is 5.42. The van der Waals surface area contributed by atoms with Gasteiger partial charge in [0.25, 0.3) is 5.91 Å². The maximum atomic E-state index is 11.1. The first-order chi connectivity index (χ1) is 9.10. The van der Waals surface area contributed by atoms with Gasteiger partial charge in [-0.3, -0.25) is 4.79 Å². The number of ether oxygens (including phenoxy) is 1. The van der Waals surface area contributed by atoms with Crippen LogP contribution in [0.3, 0.4) is 0 Å². The molecule has 0 aliphatic rings. The topological polar surface area (TPSA) is 64.3 Å². The Morgan fingerprint density at radius 2 is 1.85 bits per heavy atom. The fraction of sp³-hybridized carbons (Fsp3) is 0.500. The maximum Gasteiger partial charge on any atom is 0.258 e. The van der Waals surface area contributed by atoms with Crippen LogP contribution in [-0.4, -0.2) is 17.6 Å². The highest BCUT2D eigenvalue weighted by molar-refractivity contribution is 9.11. The van der Waals surface area contributed by atoms with Crippen molar-refractivity contribution < 1.29 is 9.53 Å². The fourth-order valence-electron chi connectivity index (χ4n) is 1.43. The van der Waals surface area contributed by atoms with Gasteiger partial charge in [0.05, 0.1) is 8.95 Å². The van der Waals surface area contributed by atoms with E-state index in [1.807, 2.05) is 12.1 Å². The third-order valence-electron chi connectivity index (χ3n) is 2.58. The van der Waals surface area contributed by atoms with E-state index >= 15 is 0 Å². The average molecular weight is 408 g/mol. The van der Waals surface area contributed by atoms with Crippen LogP contribution in [0.4, 0.5) is 0 Å². The van der Waals surface area contributed by atoms with Gasteiger partial charge in [0.1, 0.15) is 5.75 Å². The highest BCUT2D eigenvalue weighted by atomic mass is 79.9. The molecule has 1 rings (SSSR count). The number of primary amides is 1. The SMILES string of the molecule is CC(Oc1c(Br)cc(CNC(C)(C)C)cc1Br)C(N)=O.